The summed E-state index contributed by atoms with van der Waals surface area (Å²) < 4.78 is 22.2. The highest BCUT2D eigenvalue weighted by Gasteiger charge is 2.30. The minimum Gasteiger partial charge on any atom is -0.484 e. The molecular weight excluding hydrogens is 420 g/mol. The summed E-state index contributed by atoms with van der Waals surface area (Å²) in [6, 6.07) is 16.0. The highest BCUT2D eigenvalue weighted by atomic mass is 16.5. The Kier molecular flexibility index (Phi) is 7.42. The van der Waals surface area contributed by atoms with E-state index >= 15 is 0 Å². The van der Waals surface area contributed by atoms with E-state index in [-0.39, 0.29) is 18.1 Å². The Labute approximate surface area is 194 Å². The maximum Gasteiger partial charge on any atom is 0.325 e. The molecule has 0 N–H and O–H groups in total. The number of rotatable bonds is 8. The molecule has 1 saturated heterocycles. The molecular formula is C26H30N2O5. The van der Waals surface area contributed by atoms with E-state index in [1.807, 2.05) is 31.2 Å². The summed E-state index contributed by atoms with van der Waals surface area (Å²) in [6.45, 7) is 6.25. The van der Waals surface area contributed by atoms with Crippen LogP contribution in [-0.2, 0) is 27.2 Å². The van der Waals surface area contributed by atoms with E-state index in [4.69, 9.17) is 18.6 Å². The Hall–Kier alpha value is -3.16. The smallest absolute Gasteiger partial charge is 0.325 e. The molecule has 0 spiro atoms. The first-order chi connectivity index (χ1) is 16.0. The Morgan fingerprint density at radius 2 is 1.85 bits per heavy atom. The lowest BCUT2D eigenvalue weighted by Gasteiger charge is -2.33. The van der Waals surface area contributed by atoms with Crippen molar-refractivity contribution in [3.05, 3.63) is 83.1 Å². The summed E-state index contributed by atoms with van der Waals surface area (Å²) in [5.74, 6) is 1.24. The van der Waals surface area contributed by atoms with Gasteiger partial charge in [0.25, 0.3) is 0 Å². The van der Waals surface area contributed by atoms with E-state index in [1.54, 1.807) is 0 Å². The van der Waals surface area contributed by atoms with Gasteiger partial charge in [-0.25, -0.2) is 4.98 Å². The van der Waals surface area contributed by atoms with Crippen molar-refractivity contribution in [2.75, 3.05) is 26.9 Å². The molecule has 1 aliphatic rings. The van der Waals surface area contributed by atoms with Crippen molar-refractivity contribution >= 4 is 5.97 Å². The zero-order valence-electron chi connectivity index (χ0n) is 19.3. The highest BCUT2D eigenvalue weighted by Crippen LogP contribution is 2.27. The molecule has 0 saturated carbocycles. The maximum absolute atomic E-state index is 12.1. The third kappa shape index (κ3) is 5.80. The molecule has 7 nitrogen and oxygen atoms in total. The van der Waals surface area contributed by atoms with Gasteiger partial charge in [-0.3, -0.25) is 9.69 Å². The van der Waals surface area contributed by atoms with Crippen molar-refractivity contribution in [2.24, 2.45) is 0 Å². The van der Waals surface area contributed by atoms with Crippen LogP contribution in [0.2, 0.25) is 0 Å². The van der Waals surface area contributed by atoms with Crippen LogP contribution in [0.1, 0.15) is 34.2 Å². The van der Waals surface area contributed by atoms with Crippen LogP contribution >= 0.6 is 0 Å². The third-order valence-corrected chi connectivity index (χ3v) is 5.93. The van der Waals surface area contributed by atoms with Gasteiger partial charge in [0, 0.05) is 19.5 Å². The third-order valence-electron chi connectivity index (χ3n) is 5.93. The van der Waals surface area contributed by atoms with Crippen LogP contribution in [0.3, 0.4) is 0 Å². The van der Waals surface area contributed by atoms with Gasteiger partial charge in [-0.1, -0.05) is 42.0 Å². The molecule has 1 fully saturated rings. The van der Waals surface area contributed by atoms with Crippen LogP contribution in [-0.4, -0.2) is 48.8 Å². The summed E-state index contributed by atoms with van der Waals surface area (Å²) >= 11 is 0. The number of esters is 1. The second-order valence-electron chi connectivity index (χ2n) is 8.32. The van der Waals surface area contributed by atoms with Crippen molar-refractivity contribution in [2.45, 2.75) is 39.0 Å². The van der Waals surface area contributed by atoms with Crippen molar-refractivity contribution in [1.82, 2.24) is 9.88 Å². The van der Waals surface area contributed by atoms with Gasteiger partial charge < -0.3 is 18.6 Å². The van der Waals surface area contributed by atoms with Gasteiger partial charge in [-0.2, -0.15) is 0 Å². The fourth-order valence-electron chi connectivity index (χ4n) is 4.01. The summed E-state index contributed by atoms with van der Waals surface area (Å²) in [7, 11) is 1.41. The van der Waals surface area contributed by atoms with E-state index in [0.29, 0.717) is 32.7 Å². The van der Waals surface area contributed by atoms with Crippen LogP contribution < -0.4 is 4.74 Å². The van der Waals surface area contributed by atoms with E-state index in [9.17, 15) is 4.79 Å². The van der Waals surface area contributed by atoms with Gasteiger partial charge in [0.05, 0.1) is 20.3 Å². The zero-order valence-corrected chi connectivity index (χ0v) is 19.3. The van der Waals surface area contributed by atoms with Gasteiger partial charge in [0.1, 0.15) is 29.3 Å². The summed E-state index contributed by atoms with van der Waals surface area (Å²) in [6.07, 6.45) is 1.88. The zero-order chi connectivity index (χ0) is 23.2. The van der Waals surface area contributed by atoms with E-state index in [2.05, 4.69) is 41.1 Å². The van der Waals surface area contributed by atoms with E-state index in [1.165, 1.54) is 24.6 Å². The molecule has 1 aliphatic heterocycles. The quantitative estimate of drug-likeness (QED) is 0.480. The molecule has 0 aliphatic carbocycles. The van der Waals surface area contributed by atoms with Gasteiger partial charge >= 0.3 is 5.97 Å². The van der Waals surface area contributed by atoms with Gasteiger partial charge in [0.15, 0.2) is 6.39 Å². The predicted molar refractivity (Wildman–Crippen MR) is 123 cm³/mol. The maximum atomic E-state index is 12.1. The second kappa shape index (κ2) is 10.6. The number of nitrogens with zero attached hydrogens (tertiary/aromatic N) is 2. The molecule has 174 valence electrons. The lowest BCUT2D eigenvalue weighted by atomic mass is 10.0. The number of ether oxygens (including phenoxy) is 3. The number of oxazole rings is 1. The molecule has 1 unspecified atom stereocenters. The number of morpholine rings is 1. The minimum atomic E-state index is -0.381. The summed E-state index contributed by atoms with van der Waals surface area (Å²) in [4.78, 5) is 18.6. The summed E-state index contributed by atoms with van der Waals surface area (Å²) in [5.41, 5.74) is 4.28. The number of benzene rings is 2. The number of aromatic nitrogens is 1. The summed E-state index contributed by atoms with van der Waals surface area (Å²) in [5, 5.41) is 0. The Bertz CT molecular complexity index is 1050. The van der Waals surface area contributed by atoms with Crippen LogP contribution in [0.25, 0.3) is 0 Å². The predicted octanol–water partition coefficient (Wildman–Crippen LogP) is 4.03. The number of aryl methyl sites for hydroxylation is 2. The first-order valence-corrected chi connectivity index (χ1v) is 11.1. The van der Waals surface area contributed by atoms with Gasteiger partial charge in [-0.05, 0) is 37.1 Å². The highest BCUT2D eigenvalue weighted by molar-refractivity contribution is 5.75. The Balaban J connectivity index is 1.46. The monoisotopic (exact) mass is 450 g/mol. The Morgan fingerprint density at radius 1 is 1.12 bits per heavy atom. The molecule has 2 atom stereocenters. The largest absolute Gasteiger partial charge is 0.484 e. The molecule has 2 aromatic carbocycles. The minimum absolute atomic E-state index is 0.264. The van der Waals surface area contributed by atoms with E-state index in [0.717, 1.165) is 22.8 Å². The fraction of sp³-hybridized carbons (Fsp3) is 0.385. The SMILES string of the molecule is COC(=O)[C@@H]1COCCN1Cc1ccc(OC(Cc2ccc(C)cc2)c2ncoc2C)cc1. The molecule has 2 heterocycles. The first-order valence-electron chi connectivity index (χ1n) is 11.1. The van der Waals surface area contributed by atoms with Crippen molar-refractivity contribution in [3.8, 4) is 5.75 Å². The normalized spacial score (nSPS) is 17.5. The number of methoxy groups -OCH3 is 1. The molecule has 3 aromatic rings. The van der Waals surface area contributed by atoms with Crippen molar-refractivity contribution < 1.29 is 23.4 Å². The van der Waals surface area contributed by atoms with Crippen molar-refractivity contribution in [3.63, 3.8) is 0 Å². The molecule has 4 rings (SSSR count). The van der Waals surface area contributed by atoms with Crippen LogP contribution in [0.4, 0.5) is 0 Å². The molecule has 7 heteroatoms. The second-order valence-corrected chi connectivity index (χ2v) is 8.32. The van der Waals surface area contributed by atoms with Crippen LogP contribution in [0.15, 0.2) is 59.3 Å². The number of hydrogen-bond donors (Lipinski definition) is 0. The standard InChI is InChI=1S/C26H30N2O5/c1-18-4-6-20(7-5-18)14-24(25-19(2)32-17-27-25)33-22-10-8-21(9-11-22)15-28-12-13-31-16-23(28)26(29)30-3/h4-11,17,23-24H,12-16H2,1-3H3/t23-,24?/m0/s1. The Morgan fingerprint density at radius 3 is 2.52 bits per heavy atom. The van der Waals surface area contributed by atoms with Crippen LogP contribution in [0.5, 0.6) is 5.75 Å². The average molecular weight is 451 g/mol. The fourth-order valence-corrected chi connectivity index (χ4v) is 4.01. The van der Waals surface area contributed by atoms with E-state index < -0.39 is 0 Å². The van der Waals surface area contributed by atoms with Gasteiger partial charge in [-0.15, -0.1) is 0 Å². The van der Waals surface area contributed by atoms with Gasteiger partial charge in [0.2, 0.25) is 0 Å². The molecule has 1 aromatic heterocycles. The molecule has 0 amide bonds. The topological polar surface area (TPSA) is 74.0 Å². The first kappa shape index (κ1) is 23.0. The molecule has 0 radical (unpaired) electrons. The number of hydrogen-bond acceptors (Lipinski definition) is 7. The van der Waals surface area contributed by atoms with Crippen LogP contribution in [0, 0.1) is 13.8 Å². The number of carbonyl (C=O) groups excluding carboxylic acids is 1. The lowest BCUT2D eigenvalue weighted by Crippen LogP contribution is -2.49. The molecule has 0 bridgehead atoms. The number of carbonyl (C=O) groups is 1. The van der Waals surface area contributed by atoms with Crippen molar-refractivity contribution in [1.29, 1.82) is 0 Å². The average Bonchev–Trinajstić information content (AvgIpc) is 3.27. The lowest BCUT2D eigenvalue weighted by molar-refractivity contribution is -0.153. The molecule has 33 heavy (non-hydrogen) atoms.